The van der Waals surface area contributed by atoms with Gasteiger partial charge >= 0.3 is 0 Å². The van der Waals surface area contributed by atoms with Crippen LogP contribution in [0.3, 0.4) is 0 Å². The number of rotatable bonds is 2. The van der Waals surface area contributed by atoms with Gasteiger partial charge in [-0.25, -0.2) is 8.42 Å². The summed E-state index contributed by atoms with van der Waals surface area (Å²) in [5, 5.41) is 10.9. The SMILES string of the molecule is NCC1(C2(O)CCCCCC2)CCS(=O)(=O)C1. The molecule has 3 N–H and O–H groups in total. The van der Waals surface area contributed by atoms with Crippen molar-refractivity contribution in [2.45, 2.75) is 50.5 Å². The van der Waals surface area contributed by atoms with Gasteiger partial charge in [-0.1, -0.05) is 25.7 Å². The molecule has 2 fully saturated rings. The molecule has 1 heterocycles. The number of hydrogen-bond donors (Lipinski definition) is 2. The predicted molar refractivity (Wildman–Crippen MR) is 67.4 cm³/mol. The minimum absolute atomic E-state index is 0.0764. The summed E-state index contributed by atoms with van der Waals surface area (Å²) in [7, 11) is -3.01. The summed E-state index contributed by atoms with van der Waals surface area (Å²) >= 11 is 0. The van der Waals surface area contributed by atoms with Crippen molar-refractivity contribution in [3.05, 3.63) is 0 Å². The molecule has 2 aliphatic rings. The molecule has 0 radical (unpaired) electrons. The van der Waals surface area contributed by atoms with Crippen LogP contribution in [-0.2, 0) is 9.84 Å². The van der Waals surface area contributed by atoms with Crippen LogP contribution in [0, 0.1) is 5.41 Å². The zero-order chi connectivity index (χ0) is 12.6. The van der Waals surface area contributed by atoms with E-state index in [1.165, 1.54) is 0 Å². The maximum atomic E-state index is 11.7. The Morgan fingerprint density at radius 1 is 1.06 bits per heavy atom. The Labute approximate surface area is 104 Å². The summed E-state index contributed by atoms with van der Waals surface area (Å²) in [4.78, 5) is 0. The highest BCUT2D eigenvalue weighted by Gasteiger charge is 2.54. The lowest BCUT2D eigenvalue weighted by atomic mass is 9.67. The van der Waals surface area contributed by atoms with Crippen LogP contribution < -0.4 is 5.73 Å². The second-order valence-electron chi connectivity index (χ2n) is 5.77. The topological polar surface area (TPSA) is 80.4 Å². The van der Waals surface area contributed by atoms with E-state index in [9.17, 15) is 13.5 Å². The van der Waals surface area contributed by atoms with Crippen LogP contribution in [0.4, 0.5) is 0 Å². The molecule has 0 amide bonds. The Bertz CT molecular complexity index is 371. The number of aliphatic hydroxyl groups is 1. The first-order valence-corrected chi connectivity index (χ1v) is 8.38. The Balaban J connectivity index is 2.28. The maximum absolute atomic E-state index is 11.7. The molecular weight excluding hydrogens is 238 g/mol. The van der Waals surface area contributed by atoms with E-state index < -0.39 is 20.9 Å². The molecule has 5 heteroatoms. The third kappa shape index (κ3) is 2.37. The van der Waals surface area contributed by atoms with E-state index in [1.807, 2.05) is 0 Å². The molecular formula is C12H23NO3S. The molecule has 1 aliphatic carbocycles. The first-order valence-electron chi connectivity index (χ1n) is 6.56. The fourth-order valence-corrected chi connectivity index (χ4v) is 5.70. The normalized spacial score (nSPS) is 36.6. The van der Waals surface area contributed by atoms with Gasteiger partial charge in [0.15, 0.2) is 9.84 Å². The van der Waals surface area contributed by atoms with E-state index >= 15 is 0 Å². The zero-order valence-electron chi connectivity index (χ0n) is 10.3. The van der Waals surface area contributed by atoms with E-state index in [0.717, 1.165) is 25.7 Å². The molecule has 1 atom stereocenters. The van der Waals surface area contributed by atoms with Gasteiger partial charge in [0.1, 0.15) is 0 Å². The lowest BCUT2D eigenvalue weighted by Crippen LogP contribution is -2.53. The van der Waals surface area contributed by atoms with Crippen molar-refractivity contribution < 1.29 is 13.5 Å². The molecule has 0 spiro atoms. The van der Waals surface area contributed by atoms with E-state index in [0.29, 0.717) is 19.3 Å². The minimum atomic E-state index is -3.01. The van der Waals surface area contributed by atoms with Crippen molar-refractivity contribution in [3.63, 3.8) is 0 Å². The first-order chi connectivity index (χ1) is 7.93. The van der Waals surface area contributed by atoms with Gasteiger partial charge in [-0.2, -0.15) is 0 Å². The van der Waals surface area contributed by atoms with Crippen molar-refractivity contribution in [1.29, 1.82) is 0 Å². The van der Waals surface area contributed by atoms with E-state index in [4.69, 9.17) is 5.73 Å². The molecule has 1 aliphatic heterocycles. The Morgan fingerprint density at radius 3 is 2.06 bits per heavy atom. The van der Waals surface area contributed by atoms with Gasteiger partial charge in [0, 0.05) is 12.0 Å². The summed E-state index contributed by atoms with van der Waals surface area (Å²) in [6.45, 7) is 0.280. The van der Waals surface area contributed by atoms with Gasteiger partial charge in [-0.3, -0.25) is 0 Å². The summed E-state index contributed by atoms with van der Waals surface area (Å²) in [5.41, 5.74) is 4.39. The van der Waals surface area contributed by atoms with Crippen LogP contribution in [0.1, 0.15) is 44.9 Å². The van der Waals surface area contributed by atoms with Gasteiger partial charge in [0.25, 0.3) is 0 Å². The van der Waals surface area contributed by atoms with Gasteiger partial charge in [-0.15, -0.1) is 0 Å². The van der Waals surface area contributed by atoms with Crippen LogP contribution in [-0.4, -0.2) is 37.2 Å². The number of nitrogens with two attached hydrogens (primary N) is 1. The van der Waals surface area contributed by atoms with Crippen molar-refractivity contribution in [2.75, 3.05) is 18.1 Å². The van der Waals surface area contributed by atoms with E-state index in [1.54, 1.807) is 0 Å². The first kappa shape index (κ1) is 13.3. The fraction of sp³-hybridized carbons (Fsp3) is 1.00. The maximum Gasteiger partial charge on any atom is 0.151 e. The second-order valence-corrected chi connectivity index (χ2v) is 7.96. The van der Waals surface area contributed by atoms with Crippen LogP contribution >= 0.6 is 0 Å². The molecule has 17 heavy (non-hydrogen) atoms. The van der Waals surface area contributed by atoms with E-state index in [2.05, 4.69) is 0 Å². The van der Waals surface area contributed by atoms with Gasteiger partial charge < -0.3 is 10.8 Å². The summed E-state index contributed by atoms with van der Waals surface area (Å²) < 4.78 is 23.4. The molecule has 2 rings (SSSR count). The number of hydrogen-bond acceptors (Lipinski definition) is 4. The van der Waals surface area contributed by atoms with Gasteiger partial charge in [0.05, 0.1) is 17.1 Å². The Hall–Kier alpha value is -0.130. The molecule has 0 aromatic rings. The highest BCUT2D eigenvalue weighted by Crippen LogP contribution is 2.47. The second kappa shape index (κ2) is 4.52. The third-order valence-electron chi connectivity index (χ3n) is 4.70. The molecule has 1 saturated heterocycles. The van der Waals surface area contributed by atoms with Gasteiger partial charge in [0.2, 0.25) is 0 Å². The van der Waals surface area contributed by atoms with Crippen molar-refractivity contribution in [2.24, 2.45) is 11.1 Å². The van der Waals surface area contributed by atoms with E-state index in [-0.39, 0.29) is 18.1 Å². The lowest BCUT2D eigenvalue weighted by Gasteiger charge is -2.43. The largest absolute Gasteiger partial charge is 0.389 e. The molecule has 1 unspecified atom stereocenters. The standard InChI is InChI=1S/C12H23NO3S/c13-9-11(7-8-17(15,16)10-11)12(14)5-3-1-2-4-6-12/h14H,1-10,13H2. The highest BCUT2D eigenvalue weighted by atomic mass is 32.2. The summed E-state index contributed by atoms with van der Waals surface area (Å²) in [5.74, 6) is 0.263. The smallest absolute Gasteiger partial charge is 0.151 e. The monoisotopic (exact) mass is 261 g/mol. The predicted octanol–water partition coefficient (Wildman–Crippen LogP) is 0.835. The van der Waals surface area contributed by atoms with Crippen molar-refractivity contribution >= 4 is 9.84 Å². The van der Waals surface area contributed by atoms with Gasteiger partial charge in [-0.05, 0) is 19.3 Å². The van der Waals surface area contributed by atoms with Crippen LogP contribution in [0.5, 0.6) is 0 Å². The number of sulfone groups is 1. The fourth-order valence-electron chi connectivity index (χ4n) is 3.48. The molecule has 0 aromatic heterocycles. The molecule has 4 nitrogen and oxygen atoms in total. The highest BCUT2D eigenvalue weighted by molar-refractivity contribution is 7.91. The van der Waals surface area contributed by atoms with Crippen LogP contribution in [0.2, 0.25) is 0 Å². The molecule has 0 bridgehead atoms. The molecule has 1 saturated carbocycles. The quantitative estimate of drug-likeness (QED) is 0.722. The minimum Gasteiger partial charge on any atom is -0.389 e. The lowest BCUT2D eigenvalue weighted by molar-refractivity contribution is -0.0792. The van der Waals surface area contributed by atoms with Crippen LogP contribution in [0.15, 0.2) is 0 Å². The van der Waals surface area contributed by atoms with Crippen molar-refractivity contribution in [3.8, 4) is 0 Å². The average Bonchev–Trinajstić information content (AvgIpc) is 2.46. The average molecular weight is 261 g/mol. The zero-order valence-corrected chi connectivity index (χ0v) is 11.1. The summed E-state index contributed by atoms with van der Waals surface area (Å²) in [6, 6.07) is 0. The Morgan fingerprint density at radius 2 is 1.65 bits per heavy atom. The third-order valence-corrected chi connectivity index (χ3v) is 6.51. The molecule has 0 aromatic carbocycles. The van der Waals surface area contributed by atoms with Crippen molar-refractivity contribution in [1.82, 2.24) is 0 Å². The van der Waals surface area contributed by atoms with Crippen LogP contribution in [0.25, 0.3) is 0 Å². The Kier molecular flexibility index (Phi) is 3.54. The molecule has 100 valence electrons. The summed E-state index contributed by atoms with van der Waals surface area (Å²) in [6.07, 6.45) is 6.18.